The van der Waals surface area contributed by atoms with Crippen LogP contribution in [0, 0.1) is 0 Å². The van der Waals surface area contributed by atoms with E-state index in [4.69, 9.17) is 4.42 Å². The van der Waals surface area contributed by atoms with Crippen LogP contribution in [0.15, 0.2) is 45.3 Å². The number of furan rings is 1. The number of guanidine groups is 1. The molecule has 1 atom stereocenters. The molecule has 3 rings (SSSR count). The lowest BCUT2D eigenvalue weighted by Crippen LogP contribution is -2.42. The number of nitrogens with zero attached hydrogens (tertiary/aromatic N) is 2. The van der Waals surface area contributed by atoms with Crippen molar-refractivity contribution in [1.82, 2.24) is 15.5 Å². The average Bonchev–Trinajstić information content (AvgIpc) is 3.34. The van der Waals surface area contributed by atoms with E-state index >= 15 is 0 Å². The first-order valence-electron chi connectivity index (χ1n) is 8.11. The van der Waals surface area contributed by atoms with E-state index in [1.807, 2.05) is 13.1 Å². The molecule has 2 N–H and O–H groups in total. The molecule has 2 aromatic rings. The van der Waals surface area contributed by atoms with Crippen LogP contribution in [-0.4, -0.2) is 37.5 Å². The van der Waals surface area contributed by atoms with Gasteiger partial charge in [-0.2, -0.15) is 0 Å². The second kappa shape index (κ2) is 10.0. The van der Waals surface area contributed by atoms with Crippen molar-refractivity contribution in [2.45, 2.75) is 25.4 Å². The highest BCUT2D eigenvalue weighted by Crippen LogP contribution is 2.24. The third-order valence-electron chi connectivity index (χ3n) is 4.15. The minimum absolute atomic E-state index is 0. The summed E-state index contributed by atoms with van der Waals surface area (Å²) in [5, 5.41) is 8.89. The molecule has 0 radical (unpaired) electrons. The van der Waals surface area contributed by atoms with E-state index in [2.05, 4.69) is 44.1 Å². The fourth-order valence-corrected chi connectivity index (χ4v) is 3.59. The Hall–Kier alpha value is -1.06. The molecule has 2 aromatic heterocycles. The fourth-order valence-electron chi connectivity index (χ4n) is 2.94. The lowest BCUT2D eigenvalue weighted by atomic mass is 10.2. The Kier molecular flexibility index (Phi) is 8.07. The number of nitrogens with one attached hydrogen (secondary N) is 2. The Morgan fingerprint density at radius 3 is 2.75 bits per heavy atom. The maximum Gasteiger partial charge on any atom is 0.191 e. The molecule has 0 bridgehead atoms. The Morgan fingerprint density at radius 2 is 2.12 bits per heavy atom. The van der Waals surface area contributed by atoms with Crippen LogP contribution in [0.2, 0.25) is 0 Å². The third-order valence-corrected chi connectivity index (χ3v) is 5.03. The van der Waals surface area contributed by atoms with Gasteiger partial charge in [-0.15, -0.1) is 35.3 Å². The molecule has 5 nitrogen and oxygen atoms in total. The Labute approximate surface area is 164 Å². The molecule has 1 aliphatic heterocycles. The van der Waals surface area contributed by atoms with Crippen molar-refractivity contribution in [1.29, 1.82) is 0 Å². The van der Waals surface area contributed by atoms with Gasteiger partial charge in [0.1, 0.15) is 5.76 Å². The molecule has 7 heteroatoms. The van der Waals surface area contributed by atoms with Crippen molar-refractivity contribution < 1.29 is 4.42 Å². The van der Waals surface area contributed by atoms with Crippen molar-refractivity contribution in [3.63, 3.8) is 0 Å². The summed E-state index contributed by atoms with van der Waals surface area (Å²) in [5.74, 6) is 1.85. The summed E-state index contributed by atoms with van der Waals surface area (Å²) in [6.45, 7) is 3.85. The molecule has 0 spiro atoms. The van der Waals surface area contributed by atoms with Gasteiger partial charge >= 0.3 is 0 Å². The molecule has 1 unspecified atom stereocenters. The van der Waals surface area contributed by atoms with Crippen LogP contribution < -0.4 is 10.6 Å². The molecule has 0 saturated carbocycles. The molecular formula is C17H25IN4OS. The highest BCUT2D eigenvalue weighted by Gasteiger charge is 2.25. The van der Waals surface area contributed by atoms with Crippen LogP contribution in [0.5, 0.6) is 0 Å². The normalized spacial score (nSPS) is 16.6. The van der Waals surface area contributed by atoms with E-state index in [1.54, 1.807) is 17.6 Å². The molecule has 132 valence electrons. The highest BCUT2D eigenvalue weighted by atomic mass is 127. The van der Waals surface area contributed by atoms with Crippen molar-refractivity contribution in [2.75, 3.05) is 26.7 Å². The van der Waals surface area contributed by atoms with Crippen molar-refractivity contribution in [2.24, 2.45) is 4.99 Å². The first-order chi connectivity index (χ1) is 11.4. The summed E-state index contributed by atoms with van der Waals surface area (Å²) in [6.07, 6.45) is 4.29. The van der Waals surface area contributed by atoms with Gasteiger partial charge in [-0.25, -0.2) is 0 Å². The number of rotatable bonds is 6. The Balaban J connectivity index is 0.00000208. The minimum atomic E-state index is 0. The van der Waals surface area contributed by atoms with Crippen LogP contribution in [0.25, 0.3) is 0 Å². The SMILES string of the molecule is CN=C(NCc1cccs1)NCC(c1ccco1)N1CCCC1.I. The predicted molar refractivity (Wildman–Crippen MR) is 110 cm³/mol. The molecule has 3 heterocycles. The number of likely N-dealkylation sites (tertiary alicyclic amines) is 1. The lowest BCUT2D eigenvalue weighted by molar-refractivity contribution is 0.215. The Bertz CT molecular complexity index is 594. The van der Waals surface area contributed by atoms with E-state index in [0.717, 1.165) is 37.9 Å². The monoisotopic (exact) mass is 460 g/mol. The van der Waals surface area contributed by atoms with Crippen molar-refractivity contribution in [3.05, 3.63) is 46.5 Å². The van der Waals surface area contributed by atoms with E-state index in [1.165, 1.54) is 17.7 Å². The summed E-state index contributed by atoms with van der Waals surface area (Å²) < 4.78 is 5.65. The van der Waals surface area contributed by atoms with Gasteiger partial charge in [0.25, 0.3) is 0 Å². The minimum Gasteiger partial charge on any atom is -0.468 e. The van der Waals surface area contributed by atoms with Gasteiger partial charge in [-0.1, -0.05) is 6.07 Å². The summed E-state index contributed by atoms with van der Waals surface area (Å²) in [6, 6.07) is 8.47. The van der Waals surface area contributed by atoms with Crippen LogP contribution in [0.1, 0.15) is 29.5 Å². The molecule has 1 fully saturated rings. The predicted octanol–water partition coefficient (Wildman–Crippen LogP) is 3.46. The number of halogens is 1. The van der Waals surface area contributed by atoms with Crippen LogP contribution >= 0.6 is 35.3 Å². The van der Waals surface area contributed by atoms with Gasteiger partial charge in [-0.3, -0.25) is 9.89 Å². The maximum atomic E-state index is 5.65. The van der Waals surface area contributed by atoms with E-state index < -0.39 is 0 Å². The standard InChI is InChI=1S/C17H24N4OS.HI/c1-18-17(19-12-14-6-5-11-23-14)20-13-15(16-7-4-10-22-16)21-8-2-3-9-21;/h4-7,10-11,15H,2-3,8-9,12-13H2,1H3,(H2,18,19,20);1H. The first kappa shape index (κ1) is 19.3. The highest BCUT2D eigenvalue weighted by molar-refractivity contribution is 14.0. The van der Waals surface area contributed by atoms with E-state index in [9.17, 15) is 0 Å². The molecular weight excluding hydrogens is 435 g/mol. The maximum absolute atomic E-state index is 5.65. The zero-order valence-electron chi connectivity index (χ0n) is 13.9. The van der Waals surface area contributed by atoms with Crippen LogP contribution in [-0.2, 0) is 6.54 Å². The Morgan fingerprint density at radius 1 is 1.29 bits per heavy atom. The topological polar surface area (TPSA) is 52.8 Å². The van der Waals surface area contributed by atoms with Gasteiger partial charge in [-0.05, 0) is 49.5 Å². The third kappa shape index (κ3) is 5.22. The molecule has 1 aliphatic rings. The summed E-state index contributed by atoms with van der Waals surface area (Å²) >= 11 is 1.75. The fraction of sp³-hybridized carbons (Fsp3) is 0.471. The number of hydrogen-bond acceptors (Lipinski definition) is 4. The van der Waals surface area contributed by atoms with Gasteiger partial charge in [0.15, 0.2) is 5.96 Å². The second-order valence-corrected chi connectivity index (χ2v) is 6.69. The summed E-state index contributed by atoms with van der Waals surface area (Å²) in [4.78, 5) is 8.10. The summed E-state index contributed by atoms with van der Waals surface area (Å²) in [7, 11) is 1.81. The van der Waals surface area contributed by atoms with Crippen LogP contribution in [0.3, 0.4) is 0 Å². The quantitative estimate of drug-likeness (QED) is 0.394. The number of thiophene rings is 1. The first-order valence-corrected chi connectivity index (χ1v) is 8.99. The summed E-state index contributed by atoms with van der Waals surface area (Å²) in [5.41, 5.74) is 0. The number of aliphatic imine (C=N–C) groups is 1. The molecule has 1 saturated heterocycles. The smallest absolute Gasteiger partial charge is 0.191 e. The van der Waals surface area contributed by atoms with Crippen molar-refractivity contribution >= 4 is 41.3 Å². The van der Waals surface area contributed by atoms with Gasteiger partial charge in [0.2, 0.25) is 0 Å². The van der Waals surface area contributed by atoms with Crippen molar-refractivity contribution in [3.8, 4) is 0 Å². The number of hydrogen-bond donors (Lipinski definition) is 2. The van der Waals surface area contributed by atoms with E-state index in [0.29, 0.717) is 0 Å². The second-order valence-electron chi connectivity index (χ2n) is 5.66. The van der Waals surface area contributed by atoms with E-state index in [-0.39, 0.29) is 30.0 Å². The van der Waals surface area contributed by atoms with Gasteiger partial charge in [0.05, 0.1) is 18.8 Å². The largest absolute Gasteiger partial charge is 0.468 e. The zero-order chi connectivity index (χ0) is 15.9. The molecule has 24 heavy (non-hydrogen) atoms. The zero-order valence-corrected chi connectivity index (χ0v) is 17.1. The molecule has 0 amide bonds. The lowest BCUT2D eigenvalue weighted by Gasteiger charge is -2.26. The molecule has 0 aromatic carbocycles. The average molecular weight is 460 g/mol. The van der Waals surface area contributed by atoms with Gasteiger partial charge in [0, 0.05) is 18.5 Å². The molecule has 0 aliphatic carbocycles. The van der Waals surface area contributed by atoms with Gasteiger partial charge < -0.3 is 15.1 Å². The van der Waals surface area contributed by atoms with Crippen LogP contribution in [0.4, 0.5) is 0 Å².